The van der Waals surface area contributed by atoms with Crippen molar-refractivity contribution in [3.63, 3.8) is 0 Å². The van der Waals surface area contributed by atoms with Gasteiger partial charge < -0.3 is 20.9 Å². The largest absolute Gasteiger partial charge is 0.464 e. The number of esters is 2. The molecule has 2 heterocycles. The van der Waals surface area contributed by atoms with Crippen LogP contribution in [0.25, 0.3) is 28.9 Å². The summed E-state index contributed by atoms with van der Waals surface area (Å²) in [5, 5.41) is 0. The summed E-state index contributed by atoms with van der Waals surface area (Å²) >= 11 is 0. The third-order valence-corrected chi connectivity index (χ3v) is 5.95. The molecule has 0 saturated carbocycles. The average molecular weight is 541 g/mol. The van der Waals surface area contributed by atoms with E-state index in [9.17, 15) is 9.59 Å². The highest BCUT2D eigenvalue weighted by molar-refractivity contribution is 5.94. The summed E-state index contributed by atoms with van der Waals surface area (Å²) in [6.45, 7) is 9.50. The molecule has 0 aliphatic carbocycles. The van der Waals surface area contributed by atoms with Crippen LogP contribution in [0.1, 0.15) is 50.2 Å². The first-order chi connectivity index (χ1) is 19.1. The van der Waals surface area contributed by atoms with E-state index in [1.165, 1.54) is 20.3 Å². The summed E-state index contributed by atoms with van der Waals surface area (Å²) in [5.74, 6) is 0.268. The minimum Gasteiger partial charge on any atom is -0.464 e. The molecule has 0 aliphatic heterocycles. The van der Waals surface area contributed by atoms with E-state index in [1.807, 2.05) is 69.3 Å². The molecule has 0 spiro atoms. The van der Waals surface area contributed by atoms with Crippen molar-refractivity contribution in [1.82, 2.24) is 19.9 Å². The summed E-state index contributed by atoms with van der Waals surface area (Å²) in [7, 11) is 2.62. The summed E-state index contributed by atoms with van der Waals surface area (Å²) in [6, 6.07) is 15.3. The maximum atomic E-state index is 11.8. The van der Waals surface area contributed by atoms with Gasteiger partial charge in [0.15, 0.2) is 23.0 Å². The molecular formula is C30H32N6O4. The zero-order chi connectivity index (χ0) is 29.4. The number of nitrogens with two attached hydrogens (primary N) is 2. The molecular weight excluding hydrogens is 508 g/mol. The summed E-state index contributed by atoms with van der Waals surface area (Å²) in [5.41, 5.74) is 17.0. The van der Waals surface area contributed by atoms with Gasteiger partial charge in [-0.05, 0) is 20.3 Å². The van der Waals surface area contributed by atoms with E-state index in [4.69, 9.17) is 20.9 Å². The van der Waals surface area contributed by atoms with Gasteiger partial charge in [-0.1, -0.05) is 79.2 Å². The fourth-order valence-corrected chi connectivity index (χ4v) is 3.72. The van der Waals surface area contributed by atoms with Gasteiger partial charge in [-0.3, -0.25) is 0 Å². The molecule has 0 amide bonds. The second-order valence-corrected chi connectivity index (χ2v) is 8.73. The molecule has 0 saturated heterocycles. The van der Waals surface area contributed by atoms with Crippen LogP contribution in [-0.4, -0.2) is 46.1 Å². The standard InChI is InChI=1S/C15H17N3O2.C15H15N3O2/c2*1-4-11-12(15(19)20-3)17-14(18-13(11)16)10-7-5-9(2)6-8-10/h5-8H,4H2,1-3H3,(H2,16,17,18);4-8H,1H2,2-3H3,(H2,16,17,18). The molecule has 40 heavy (non-hydrogen) atoms. The van der Waals surface area contributed by atoms with Crippen LogP contribution in [0.2, 0.25) is 0 Å². The van der Waals surface area contributed by atoms with E-state index in [0.717, 1.165) is 22.3 Å². The Morgan fingerprint density at radius 3 is 1.60 bits per heavy atom. The number of carbonyl (C=O) groups excluding carboxylic acids is 2. The lowest BCUT2D eigenvalue weighted by Crippen LogP contribution is -2.13. The van der Waals surface area contributed by atoms with E-state index in [1.54, 1.807) is 0 Å². The fraction of sp³-hybridized carbons (Fsp3) is 0.200. The monoisotopic (exact) mass is 540 g/mol. The minimum absolute atomic E-state index is 0.116. The first-order valence-electron chi connectivity index (χ1n) is 12.4. The predicted molar refractivity (Wildman–Crippen MR) is 155 cm³/mol. The lowest BCUT2D eigenvalue weighted by atomic mass is 10.1. The Labute approximate surface area is 233 Å². The van der Waals surface area contributed by atoms with Crippen LogP contribution < -0.4 is 11.5 Å². The van der Waals surface area contributed by atoms with Crippen LogP contribution in [0.5, 0.6) is 0 Å². The quantitative estimate of drug-likeness (QED) is 0.324. The Hall–Kier alpha value is -5.12. The average Bonchev–Trinajstić information content (AvgIpc) is 2.96. The van der Waals surface area contributed by atoms with Crippen molar-refractivity contribution in [1.29, 1.82) is 0 Å². The number of rotatable bonds is 6. The zero-order valence-corrected chi connectivity index (χ0v) is 23.2. The summed E-state index contributed by atoms with van der Waals surface area (Å²) < 4.78 is 9.47. The van der Waals surface area contributed by atoms with E-state index < -0.39 is 11.9 Å². The smallest absolute Gasteiger partial charge is 0.357 e. The number of nitrogens with zero attached hydrogens (tertiary/aromatic N) is 4. The maximum Gasteiger partial charge on any atom is 0.357 e. The number of carbonyl (C=O) groups is 2. The van der Waals surface area contributed by atoms with E-state index in [0.29, 0.717) is 35.0 Å². The Kier molecular flexibility index (Phi) is 9.64. The van der Waals surface area contributed by atoms with Crippen molar-refractivity contribution in [2.24, 2.45) is 0 Å². The van der Waals surface area contributed by atoms with Crippen molar-refractivity contribution in [2.45, 2.75) is 27.2 Å². The Balaban J connectivity index is 0.000000220. The summed E-state index contributed by atoms with van der Waals surface area (Å²) in [4.78, 5) is 40.6. The van der Waals surface area contributed by atoms with Gasteiger partial charge >= 0.3 is 11.9 Å². The number of ether oxygens (including phenoxy) is 2. The van der Waals surface area contributed by atoms with Crippen molar-refractivity contribution in [3.8, 4) is 22.8 Å². The molecule has 4 aromatic rings. The second-order valence-electron chi connectivity index (χ2n) is 8.73. The second kappa shape index (κ2) is 13.1. The molecule has 0 aliphatic rings. The van der Waals surface area contributed by atoms with Gasteiger partial charge in [0.2, 0.25) is 0 Å². The van der Waals surface area contributed by atoms with Crippen molar-refractivity contribution in [3.05, 3.63) is 88.8 Å². The number of aryl methyl sites for hydroxylation is 2. The highest BCUT2D eigenvalue weighted by Crippen LogP contribution is 2.23. The molecule has 2 aromatic heterocycles. The number of aromatic nitrogens is 4. The van der Waals surface area contributed by atoms with Gasteiger partial charge in [0.1, 0.15) is 11.6 Å². The molecule has 4 N–H and O–H groups in total. The zero-order valence-electron chi connectivity index (χ0n) is 23.2. The molecule has 2 aromatic carbocycles. The Bertz CT molecular complexity index is 1530. The van der Waals surface area contributed by atoms with Gasteiger partial charge in [-0.15, -0.1) is 0 Å². The number of nitrogen functional groups attached to an aromatic ring is 2. The molecule has 10 nitrogen and oxygen atoms in total. The van der Waals surface area contributed by atoms with Gasteiger partial charge in [-0.2, -0.15) is 0 Å². The summed E-state index contributed by atoms with van der Waals surface area (Å²) in [6.07, 6.45) is 2.02. The van der Waals surface area contributed by atoms with Crippen LogP contribution in [-0.2, 0) is 15.9 Å². The SMILES string of the molecule is C=Cc1c(N)nc(-c2ccc(C)cc2)nc1C(=O)OC.CCc1c(N)nc(-c2ccc(C)cc2)nc1C(=O)OC. The van der Waals surface area contributed by atoms with Crippen LogP contribution >= 0.6 is 0 Å². The Morgan fingerprint density at radius 1 is 0.750 bits per heavy atom. The molecule has 0 atom stereocenters. The third-order valence-electron chi connectivity index (χ3n) is 5.95. The number of hydrogen-bond acceptors (Lipinski definition) is 10. The fourth-order valence-electron chi connectivity index (χ4n) is 3.72. The van der Waals surface area contributed by atoms with Crippen molar-refractivity contribution in [2.75, 3.05) is 25.7 Å². The Morgan fingerprint density at radius 2 is 1.18 bits per heavy atom. The van der Waals surface area contributed by atoms with E-state index >= 15 is 0 Å². The van der Waals surface area contributed by atoms with Crippen molar-refractivity contribution < 1.29 is 19.1 Å². The number of hydrogen-bond donors (Lipinski definition) is 2. The molecule has 10 heteroatoms. The number of anilines is 2. The topological polar surface area (TPSA) is 156 Å². The number of methoxy groups -OCH3 is 2. The van der Waals surface area contributed by atoms with E-state index in [2.05, 4.69) is 26.5 Å². The minimum atomic E-state index is -0.567. The van der Waals surface area contributed by atoms with Gasteiger partial charge in [-0.25, -0.2) is 29.5 Å². The third kappa shape index (κ3) is 6.65. The van der Waals surface area contributed by atoms with Crippen LogP contribution in [0.15, 0.2) is 55.1 Å². The highest BCUT2D eigenvalue weighted by Gasteiger charge is 2.19. The normalized spacial score (nSPS) is 10.2. The molecule has 0 radical (unpaired) electrons. The molecule has 4 rings (SSSR count). The first kappa shape index (κ1) is 29.4. The predicted octanol–water partition coefficient (Wildman–Crippen LogP) is 4.85. The molecule has 0 bridgehead atoms. The maximum absolute atomic E-state index is 11.8. The van der Waals surface area contributed by atoms with Gasteiger partial charge in [0.25, 0.3) is 0 Å². The molecule has 0 fully saturated rings. The van der Waals surface area contributed by atoms with Gasteiger partial charge in [0, 0.05) is 22.3 Å². The van der Waals surface area contributed by atoms with Crippen LogP contribution in [0, 0.1) is 13.8 Å². The first-order valence-corrected chi connectivity index (χ1v) is 12.4. The number of benzene rings is 2. The molecule has 206 valence electrons. The lowest BCUT2D eigenvalue weighted by Gasteiger charge is -2.10. The van der Waals surface area contributed by atoms with Crippen molar-refractivity contribution >= 4 is 29.7 Å². The van der Waals surface area contributed by atoms with Crippen LogP contribution in [0.4, 0.5) is 11.6 Å². The lowest BCUT2D eigenvalue weighted by molar-refractivity contribution is 0.0584. The molecule has 0 unspecified atom stereocenters. The highest BCUT2D eigenvalue weighted by atomic mass is 16.5. The van der Waals surface area contributed by atoms with Crippen LogP contribution in [0.3, 0.4) is 0 Å². The van der Waals surface area contributed by atoms with E-state index in [-0.39, 0.29) is 17.2 Å². The van der Waals surface area contributed by atoms with Gasteiger partial charge in [0.05, 0.1) is 14.2 Å².